The van der Waals surface area contributed by atoms with Crippen LogP contribution in [-0.2, 0) is 27.4 Å². The van der Waals surface area contributed by atoms with Gasteiger partial charge in [0.15, 0.2) is 0 Å². The van der Waals surface area contributed by atoms with E-state index in [9.17, 15) is 26.4 Å². The number of anilines is 1. The average Bonchev–Trinajstić information content (AvgIpc) is 3.06. The molecule has 1 heterocycles. The van der Waals surface area contributed by atoms with Crippen LogP contribution in [0.25, 0.3) is 0 Å². The van der Waals surface area contributed by atoms with Crippen molar-refractivity contribution in [1.82, 2.24) is 14.9 Å². The second-order valence-corrected chi connectivity index (χ2v) is 8.99. The summed E-state index contributed by atoms with van der Waals surface area (Å²) in [6, 6.07) is 2.11. The number of nitrogens with one attached hydrogen (secondary N) is 2. The third-order valence-corrected chi connectivity index (χ3v) is 6.12. The highest BCUT2D eigenvalue weighted by Gasteiger charge is 2.33. The molecule has 28 heavy (non-hydrogen) atoms. The van der Waals surface area contributed by atoms with Crippen molar-refractivity contribution < 1.29 is 26.4 Å². The number of nitrogens with zero attached hydrogens (tertiary/aromatic N) is 2. The fraction of sp³-hybridized carbons (Fsp3) is 0.438. The molecule has 0 spiro atoms. The maximum absolute atomic E-state index is 12.9. The number of rotatable bonds is 7. The van der Waals surface area contributed by atoms with Gasteiger partial charge in [-0.25, -0.2) is 8.42 Å². The molecule has 1 aromatic heterocycles. The van der Waals surface area contributed by atoms with Gasteiger partial charge < -0.3 is 0 Å². The lowest BCUT2D eigenvalue weighted by Gasteiger charge is -2.21. The number of carbonyl (C=O) groups is 1. The molecule has 0 aliphatic rings. The second kappa shape index (κ2) is 8.53. The standard InChI is InChI=1S/C16H19F3N4O3S2/c1-4-12-21-22-15(27-12)20-14(24)13(9(2)3)23-28(25,26)11-7-5-6-10(8-11)16(17,18)19/h5-9,13,23H,4H2,1-3H3,(H,20,22,24)/t13-/m1/s1. The van der Waals surface area contributed by atoms with Gasteiger partial charge >= 0.3 is 6.18 Å². The van der Waals surface area contributed by atoms with Crippen LogP contribution in [-0.4, -0.2) is 30.6 Å². The fourth-order valence-electron chi connectivity index (χ4n) is 2.20. The molecule has 154 valence electrons. The third kappa shape index (κ3) is 5.49. The van der Waals surface area contributed by atoms with E-state index in [0.29, 0.717) is 17.5 Å². The number of amides is 1. The van der Waals surface area contributed by atoms with E-state index < -0.39 is 44.5 Å². The SMILES string of the molecule is CCc1nnc(NC(=O)[C@H](NS(=O)(=O)c2cccc(C(F)(F)F)c2)C(C)C)s1. The topological polar surface area (TPSA) is 101 Å². The van der Waals surface area contributed by atoms with Crippen LogP contribution in [0.4, 0.5) is 18.3 Å². The van der Waals surface area contributed by atoms with E-state index in [1.807, 2.05) is 6.92 Å². The predicted molar refractivity (Wildman–Crippen MR) is 98.3 cm³/mol. The largest absolute Gasteiger partial charge is 0.416 e. The van der Waals surface area contributed by atoms with Crippen molar-refractivity contribution >= 4 is 32.4 Å². The molecule has 0 radical (unpaired) electrons. The molecule has 7 nitrogen and oxygen atoms in total. The number of aromatic nitrogens is 2. The van der Waals surface area contributed by atoms with Crippen molar-refractivity contribution in [2.24, 2.45) is 5.92 Å². The van der Waals surface area contributed by atoms with E-state index in [-0.39, 0.29) is 5.13 Å². The van der Waals surface area contributed by atoms with Gasteiger partial charge in [-0.05, 0) is 30.5 Å². The summed E-state index contributed by atoms with van der Waals surface area (Å²) >= 11 is 1.15. The van der Waals surface area contributed by atoms with E-state index in [1.54, 1.807) is 13.8 Å². The van der Waals surface area contributed by atoms with Crippen LogP contribution in [0.1, 0.15) is 31.3 Å². The summed E-state index contributed by atoms with van der Waals surface area (Å²) in [6.45, 7) is 5.08. The Hall–Kier alpha value is -2.05. The lowest BCUT2D eigenvalue weighted by molar-refractivity contribution is -0.137. The molecule has 0 bridgehead atoms. The van der Waals surface area contributed by atoms with E-state index in [1.165, 1.54) is 0 Å². The molecule has 2 aromatic rings. The lowest BCUT2D eigenvalue weighted by Crippen LogP contribution is -2.47. The molecule has 1 aromatic carbocycles. The van der Waals surface area contributed by atoms with Gasteiger partial charge in [0.05, 0.1) is 10.5 Å². The Morgan fingerprint density at radius 1 is 1.25 bits per heavy atom. The van der Waals surface area contributed by atoms with Crippen molar-refractivity contribution in [2.75, 3.05) is 5.32 Å². The average molecular weight is 436 g/mol. The van der Waals surface area contributed by atoms with Crippen LogP contribution in [0.2, 0.25) is 0 Å². The van der Waals surface area contributed by atoms with E-state index in [0.717, 1.165) is 29.5 Å². The molecule has 2 N–H and O–H groups in total. The van der Waals surface area contributed by atoms with Gasteiger partial charge in [0, 0.05) is 0 Å². The summed E-state index contributed by atoms with van der Waals surface area (Å²) < 4.78 is 65.8. The minimum absolute atomic E-state index is 0.214. The zero-order chi connectivity index (χ0) is 21.1. The van der Waals surface area contributed by atoms with E-state index in [4.69, 9.17) is 0 Å². The van der Waals surface area contributed by atoms with Crippen LogP contribution in [0, 0.1) is 5.92 Å². The number of halogens is 3. The van der Waals surface area contributed by atoms with E-state index >= 15 is 0 Å². The molecule has 1 amide bonds. The number of aryl methyl sites for hydroxylation is 1. The Bertz CT molecular complexity index is 943. The molecule has 0 fully saturated rings. The first kappa shape index (κ1) is 22.2. The molecule has 0 saturated carbocycles. The quantitative estimate of drug-likeness (QED) is 0.695. The Kier molecular flexibility index (Phi) is 6.78. The highest BCUT2D eigenvalue weighted by atomic mass is 32.2. The molecule has 0 saturated heterocycles. The molecule has 2 rings (SSSR count). The minimum atomic E-state index is -4.69. The van der Waals surface area contributed by atoms with Crippen LogP contribution in [0.5, 0.6) is 0 Å². The molecule has 0 unspecified atom stereocenters. The van der Waals surface area contributed by atoms with Crippen molar-refractivity contribution in [3.05, 3.63) is 34.8 Å². The van der Waals surface area contributed by atoms with Gasteiger partial charge in [0.1, 0.15) is 11.0 Å². The Morgan fingerprint density at radius 3 is 2.46 bits per heavy atom. The fourth-order valence-corrected chi connectivity index (χ4v) is 4.27. The molecule has 0 aliphatic heterocycles. The number of hydrogen-bond acceptors (Lipinski definition) is 6. The molecular formula is C16H19F3N4O3S2. The highest BCUT2D eigenvalue weighted by Crippen LogP contribution is 2.30. The maximum Gasteiger partial charge on any atom is 0.416 e. The highest BCUT2D eigenvalue weighted by molar-refractivity contribution is 7.89. The number of sulfonamides is 1. The first-order valence-electron chi connectivity index (χ1n) is 8.27. The maximum atomic E-state index is 12.9. The smallest absolute Gasteiger partial charge is 0.299 e. The number of hydrogen-bond donors (Lipinski definition) is 2. The van der Waals surface area contributed by atoms with E-state index in [2.05, 4.69) is 20.2 Å². The zero-order valence-electron chi connectivity index (χ0n) is 15.2. The Labute approximate surface area is 164 Å². The Balaban J connectivity index is 2.24. The summed E-state index contributed by atoms with van der Waals surface area (Å²) in [6.07, 6.45) is -4.06. The van der Waals surface area contributed by atoms with Gasteiger partial charge in [-0.3, -0.25) is 10.1 Å². The van der Waals surface area contributed by atoms with Crippen LogP contribution >= 0.6 is 11.3 Å². The van der Waals surface area contributed by atoms with Crippen molar-refractivity contribution in [2.45, 2.75) is 44.3 Å². The first-order chi connectivity index (χ1) is 12.9. The number of carbonyl (C=O) groups excluding carboxylic acids is 1. The van der Waals surface area contributed by atoms with Crippen LogP contribution < -0.4 is 10.0 Å². The number of alkyl halides is 3. The van der Waals surface area contributed by atoms with Gasteiger partial charge in [0.2, 0.25) is 21.1 Å². The van der Waals surface area contributed by atoms with Gasteiger partial charge in [-0.1, -0.05) is 38.2 Å². The second-order valence-electron chi connectivity index (χ2n) is 6.21. The lowest BCUT2D eigenvalue weighted by atomic mass is 10.1. The zero-order valence-corrected chi connectivity index (χ0v) is 16.9. The van der Waals surface area contributed by atoms with Crippen LogP contribution in [0.15, 0.2) is 29.2 Å². The van der Waals surface area contributed by atoms with Crippen LogP contribution in [0.3, 0.4) is 0 Å². The predicted octanol–water partition coefficient (Wildman–Crippen LogP) is 3.06. The van der Waals surface area contributed by atoms with Crippen molar-refractivity contribution in [3.8, 4) is 0 Å². The van der Waals surface area contributed by atoms with Gasteiger partial charge in [-0.2, -0.15) is 17.9 Å². The summed E-state index contributed by atoms with van der Waals surface area (Å²) in [5.41, 5.74) is -1.10. The summed E-state index contributed by atoms with van der Waals surface area (Å²) in [5, 5.41) is 11.0. The van der Waals surface area contributed by atoms with Gasteiger partial charge in [0.25, 0.3) is 0 Å². The summed E-state index contributed by atoms with van der Waals surface area (Å²) in [7, 11) is -4.37. The summed E-state index contributed by atoms with van der Waals surface area (Å²) in [4.78, 5) is 11.9. The minimum Gasteiger partial charge on any atom is -0.299 e. The summed E-state index contributed by atoms with van der Waals surface area (Å²) in [5.74, 6) is -1.15. The molecule has 12 heteroatoms. The molecule has 0 aliphatic carbocycles. The first-order valence-corrected chi connectivity index (χ1v) is 10.6. The molecule has 1 atom stereocenters. The monoisotopic (exact) mass is 436 g/mol. The number of benzene rings is 1. The Morgan fingerprint density at radius 2 is 1.93 bits per heavy atom. The van der Waals surface area contributed by atoms with Gasteiger partial charge in [-0.15, -0.1) is 10.2 Å². The van der Waals surface area contributed by atoms with Crippen molar-refractivity contribution in [3.63, 3.8) is 0 Å². The molecular weight excluding hydrogens is 417 g/mol. The van der Waals surface area contributed by atoms with Crippen molar-refractivity contribution in [1.29, 1.82) is 0 Å². The third-order valence-electron chi connectivity index (χ3n) is 3.70. The normalized spacial score (nSPS) is 13.5.